The Bertz CT molecular complexity index is 738. The van der Waals surface area contributed by atoms with E-state index in [1.54, 1.807) is 11.0 Å². The Morgan fingerprint density at radius 3 is 2.88 bits per heavy atom. The Morgan fingerprint density at radius 1 is 1.28 bits per heavy atom. The average molecular weight is 343 g/mol. The molecule has 0 N–H and O–H groups in total. The highest BCUT2D eigenvalue weighted by Gasteiger charge is 2.30. The number of para-hydroxylation sites is 1. The molecule has 1 amide bonds. The third kappa shape index (κ3) is 3.99. The van der Waals surface area contributed by atoms with Gasteiger partial charge in [-0.2, -0.15) is 4.98 Å². The summed E-state index contributed by atoms with van der Waals surface area (Å²) < 4.78 is 16.4. The van der Waals surface area contributed by atoms with Crippen LogP contribution in [0.3, 0.4) is 0 Å². The Morgan fingerprint density at radius 2 is 2.08 bits per heavy atom. The van der Waals surface area contributed by atoms with Crippen molar-refractivity contribution in [2.24, 2.45) is 0 Å². The molecule has 1 fully saturated rings. The number of rotatable bonds is 6. The number of hydrogen-bond acceptors (Lipinski definition) is 6. The van der Waals surface area contributed by atoms with Crippen LogP contribution in [0.4, 0.5) is 0 Å². The molecule has 25 heavy (non-hydrogen) atoms. The second-order valence-corrected chi connectivity index (χ2v) is 5.61. The number of benzene rings is 1. The first kappa shape index (κ1) is 17.0. The third-order valence-corrected chi connectivity index (χ3v) is 3.94. The summed E-state index contributed by atoms with van der Waals surface area (Å²) in [5.74, 6) is 1.35. The van der Waals surface area contributed by atoms with Crippen LogP contribution < -0.4 is 14.2 Å². The van der Waals surface area contributed by atoms with Crippen LogP contribution in [0, 0.1) is 0 Å². The van der Waals surface area contributed by atoms with Crippen LogP contribution in [0.25, 0.3) is 0 Å². The lowest BCUT2D eigenvalue weighted by Crippen LogP contribution is -2.31. The summed E-state index contributed by atoms with van der Waals surface area (Å²) in [5.41, 5.74) is 0.575. The van der Waals surface area contributed by atoms with Crippen molar-refractivity contribution in [1.29, 1.82) is 0 Å². The number of methoxy groups -OCH3 is 1. The van der Waals surface area contributed by atoms with E-state index in [0.717, 1.165) is 6.42 Å². The number of amides is 1. The summed E-state index contributed by atoms with van der Waals surface area (Å²) in [7, 11) is 1.53. The molecule has 2 heterocycles. The SMILES string of the molecule is CCOc1ccccc1C(=O)N1CC[C@@H](Oc2cncc(OC)n2)C1. The molecule has 1 saturated heterocycles. The number of likely N-dealkylation sites (tertiary alicyclic amines) is 1. The fourth-order valence-electron chi connectivity index (χ4n) is 2.76. The molecule has 0 bridgehead atoms. The van der Waals surface area contributed by atoms with Gasteiger partial charge in [0, 0.05) is 13.0 Å². The highest BCUT2D eigenvalue weighted by molar-refractivity contribution is 5.97. The fraction of sp³-hybridized carbons (Fsp3) is 0.389. The molecular formula is C18H21N3O4. The van der Waals surface area contributed by atoms with E-state index in [0.29, 0.717) is 42.8 Å². The Hall–Kier alpha value is -2.83. The van der Waals surface area contributed by atoms with Crippen molar-refractivity contribution in [1.82, 2.24) is 14.9 Å². The normalized spacial score (nSPS) is 16.6. The minimum absolute atomic E-state index is 0.0492. The summed E-state index contributed by atoms with van der Waals surface area (Å²) in [6.45, 7) is 3.54. The zero-order valence-electron chi connectivity index (χ0n) is 14.3. The average Bonchev–Trinajstić information content (AvgIpc) is 3.10. The van der Waals surface area contributed by atoms with Gasteiger partial charge >= 0.3 is 0 Å². The van der Waals surface area contributed by atoms with E-state index < -0.39 is 0 Å². The van der Waals surface area contributed by atoms with Gasteiger partial charge in [-0.1, -0.05) is 12.1 Å². The van der Waals surface area contributed by atoms with Crippen molar-refractivity contribution in [3.63, 3.8) is 0 Å². The zero-order valence-corrected chi connectivity index (χ0v) is 14.3. The first-order valence-corrected chi connectivity index (χ1v) is 8.25. The van der Waals surface area contributed by atoms with E-state index in [-0.39, 0.29) is 12.0 Å². The maximum Gasteiger partial charge on any atom is 0.257 e. The van der Waals surface area contributed by atoms with Crippen molar-refractivity contribution in [3.05, 3.63) is 42.2 Å². The van der Waals surface area contributed by atoms with Gasteiger partial charge in [0.2, 0.25) is 11.8 Å². The van der Waals surface area contributed by atoms with Crippen molar-refractivity contribution in [3.8, 4) is 17.5 Å². The summed E-state index contributed by atoms with van der Waals surface area (Å²) in [6.07, 6.45) is 3.67. The maximum absolute atomic E-state index is 12.8. The number of carbonyl (C=O) groups excluding carboxylic acids is 1. The fourth-order valence-corrected chi connectivity index (χ4v) is 2.76. The van der Waals surface area contributed by atoms with Gasteiger partial charge in [-0.25, -0.2) is 0 Å². The summed E-state index contributed by atoms with van der Waals surface area (Å²) in [4.78, 5) is 22.8. The van der Waals surface area contributed by atoms with Crippen LogP contribution in [0.15, 0.2) is 36.7 Å². The van der Waals surface area contributed by atoms with Gasteiger partial charge < -0.3 is 19.1 Å². The van der Waals surface area contributed by atoms with Gasteiger partial charge in [-0.3, -0.25) is 9.78 Å². The van der Waals surface area contributed by atoms with Crippen LogP contribution in [-0.4, -0.2) is 53.7 Å². The molecule has 0 radical (unpaired) electrons. The quantitative estimate of drug-likeness (QED) is 0.800. The number of carbonyl (C=O) groups is 1. The minimum atomic E-state index is -0.121. The number of hydrogen-bond donors (Lipinski definition) is 0. The highest BCUT2D eigenvalue weighted by Crippen LogP contribution is 2.24. The molecule has 2 aromatic rings. The van der Waals surface area contributed by atoms with Gasteiger partial charge in [0.05, 0.1) is 38.2 Å². The number of ether oxygens (including phenoxy) is 3. The lowest BCUT2D eigenvalue weighted by molar-refractivity contribution is 0.0766. The molecule has 7 heteroatoms. The van der Waals surface area contributed by atoms with Gasteiger partial charge in [0.1, 0.15) is 11.9 Å². The second kappa shape index (κ2) is 7.83. The molecule has 1 aliphatic heterocycles. The smallest absolute Gasteiger partial charge is 0.257 e. The van der Waals surface area contributed by atoms with E-state index in [9.17, 15) is 4.79 Å². The molecule has 7 nitrogen and oxygen atoms in total. The van der Waals surface area contributed by atoms with Crippen LogP contribution in [-0.2, 0) is 0 Å². The summed E-state index contributed by atoms with van der Waals surface area (Å²) >= 11 is 0. The molecule has 1 aliphatic rings. The maximum atomic E-state index is 12.8. The molecular weight excluding hydrogens is 322 g/mol. The van der Waals surface area contributed by atoms with E-state index >= 15 is 0 Å². The predicted octanol–water partition coefficient (Wildman–Crippen LogP) is 2.18. The van der Waals surface area contributed by atoms with Gasteiger partial charge in [0.15, 0.2) is 0 Å². The summed E-state index contributed by atoms with van der Waals surface area (Å²) in [5, 5.41) is 0. The van der Waals surface area contributed by atoms with E-state index in [1.165, 1.54) is 19.5 Å². The molecule has 1 aromatic heterocycles. The summed E-state index contributed by atoms with van der Waals surface area (Å²) in [6, 6.07) is 7.30. The van der Waals surface area contributed by atoms with Crippen molar-refractivity contribution in [2.75, 3.05) is 26.8 Å². The molecule has 1 atom stereocenters. The standard InChI is InChI=1S/C18H21N3O4/c1-3-24-15-7-5-4-6-14(15)18(22)21-9-8-13(12-21)25-17-11-19-10-16(20-17)23-2/h4-7,10-11,13H,3,8-9,12H2,1-2H3/t13-/m1/s1. The molecule has 132 valence electrons. The first-order valence-electron chi connectivity index (χ1n) is 8.25. The van der Waals surface area contributed by atoms with Crippen molar-refractivity contribution >= 4 is 5.91 Å². The van der Waals surface area contributed by atoms with Crippen molar-refractivity contribution < 1.29 is 19.0 Å². The predicted molar refractivity (Wildman–Crippen MR) is 91.1 cm³/mol. The van der Waals surface area contributed by atoms with E-state index in [4.69, 9.17) is 14.2 Å². The van der Waals surface area contributed by atoms with Gasteiger partial charge in [-0.05, 0) is 19.1 Å². The highest BCUT2D eigenvalue weighted by atomic mass is 16.5. The Labute approximate surface area is 146 Å². The number of nitrogens with zero attached hydrogens (tertiary/aromatic N) is 3. The topological polar surface area (TPSA) is 73.8 Å². The van der Waals surface area contributed by atoms with Crippen LogP contribution in [0.1, 0.15) is 23.7 Å². The second-order valence-electron chi connectivity index (χ2n) is 5.61. The molecule has 0 unspecified atom stereocenters. The molecule has 0 spiro atoms. The Kier molecular flexibility index (Phi) is 5.33. The molecule has 0 saturated carbocycles. The van der Waals surface area contributed by atoms with Crippen LogP contribution >= 0.6 is 0 Å². The lowest BCUT2D eigenvalue weighted by Gasteiger charge is -2.18. The van der Waals surface area contributed by atoms with Crippen LogP contribution in [0.5, 0.6) is 17.5 Å². The Balaban J connectivity index is 1.65. The minimum Gasteiger partial charge on any atom is -0.493 e. The van der Waals surface area contributed by atoms with Crippen molar-refractivity contribution in [2.45, 2.75) is 19.4 Å². The largest absolute Gasteiger partial charge is 0.493 e. The molecule has 3 rings (SSSR count). The zero-order chi connectivity index (χ0) is 17.6. The van der Waals surface area contributed by atoms with Crippen LogP contribution in [0.2, 0.25) is 0 Å². The lowest BCUT2D eigenvalue weighted by atomic mass is 10.2. The van der Waals surface area contributed by atoms with E-state index in [2.05, 4.69) is 9.97 Å². The van der Waals surface area contributed by atoms with E-state index in [1.807, 2.05) is 25.1 Å². The molecule has 0 aliphatic carbocycles. The van der Waals surface area contributed by atoms with Gasteiger partial charge in [-0.15, -0.1) is 0 Å². The third-order valence-electron chi connectivity index (χ3n) is 3.94. The van der Waals surface area contributed by atoms with Gasteiger partial charge in [0.25, 0.3) is 5.91 Å². The monoisotopic (exact) mass is 343 g/mol. The first-order chi connectivity index (χ1) is 12.2. The molecule has 1 aromatic carbocycles. The number of aromatic nitrogens is 2.